The highest BCUT2D eigenvalue weighted by Crippen LogP contribution is 2.08. The third kappa shape index (κ3) is 19.1. The van der Waals surface area contributed by atoms with Gasteiger partial charge in [0.2, 0.25) is 0 Å². The molecule has 2 N–H and O–H groups in total. The zero-order valence-corrected chi connectivity index (χ0v) is 18.2. The van der Waals surface area contributed by atoms with Gasteiger partial charge in [0.05, 0.1) is 0 Å². The van der Waals surface area contributed by atoms with E-state index in [0.29, 0.717) is 0 Å². The van der Waals surface area contributed by atoms with E-state index in [4.69, 9.17) is 0 Å². The predicted octanol–water partition coefficient (Wildman–Crippen LogP) is 5.47. The van der Waals surface area contributed by atoms with Crippen molar-refractivity contribution < 1.29 is 9.59 Å². The van der Waals surface area contributed by atoms with E-state index >= 15 is 0 Å². The molecule has 0 aromatic carbocycles. The first kappa shape index (κ1) is 26.3. The lowest BCUT2D eigenvalue weighted by Gasteiger charge is -2.00. The minimum Gasteiger partial charge on any atom is -0.262 e. The molecular formula is C22H42N4O2. The molecule has 0 unspecified atom stereocenters. The molecule has 0 radical (unpaired) electrons. The fourth-order valence-electron chi connectivity index (χ4n) is 2.82. The highest BCUT2D eigenvalue weighted by molar-refractivity contribution is 6.35. The molecule has 0 aromatic rings. The molecule has 162 valence electrons. The molecule has 0 aliphatic heterocycles. The fourth-order valence-corrected chi connectivity index (χ4v) is 2.82. The molecule has 0 aliphatic rings. The fraction of sp³-hybridized carbons (Fsp3) is 0.818. The van der Waals surface area contributed by atoms with Crippen molar-refractivity contribution in [3.8, 4) is 0 Å². The standard InChI is InChI=1S/C22H42N4O2/c1-3-5-7-9-11-13-15-17-19-23-25-21(27)22(28)26-24-20-18-16-14-12-10-8-6-4-2/h19-20H,3-18H2,1-2H3,(H,25,27)(H,26,28)/b23-19+,24-20+. The zero-order chi connectivity index (χ0) is 20.7. The topological polar surface area (TPSA) is 82.9 Å². The average molecular weight is 395 g/mol. The molecule has 6 heteroatoms. The molecule has 0 rings (SSSR count). The number of amides is 2. The second kappa shape index (κ2) is 21.6. The maximum Gasteiger partial charge on any atom is 0.331 e. The molecule has 2 amide bonds. The SMILES string of the molecule is CCCCCCCCC/C=N/NC(=O)C(=O)N/N=C/CCCCCCCCC. The van der Waals surface area contributed by atoms with Crippen LogP contribution in [0.1, 0.15) is 117 Å². The van der Waals surface area contributed by atoms with E-state index in [9.17, 15) is 9.59 Å². The van der Waals surface area contributed by atoms with Crippen molar-refractivity contribution >= 4 is 24.2 Å². The highest BCUT2D eigenvalue weighted by atomic mass is 16.2. The molecule has 0 aliphatic carbocycles. The summed E-state index contributed by atoms with van der Waals surface area (Å²) in [6, 6.07) is 0. The smallest absolute Gasteiger partial charge is 0.262 e. The second-order valence-corrected chi connectivity index (χ2v) is 7.33. The lowest BCUT2D eigenvalue weighted by atomic mass is 10.1. The number of hydrazone groups is 2. The van der Waals surface area contributed by atoms with Crippen LogP contribution in [-0.2, 0) is 9.59 Å². The Bertz CT molecular complexity index is 396. The number of nitrogens with one attached hydrogen (secondary N) is 2. The van der Waals surface area contributed by atoms with E-state index in [1.54, 1.807) is 12.4 Å². The molecule has 0 fully saturated rings. The van der Waals surface area contributed by atoms with Crippen molar-refractivity contribution in [2.75, 3.05) is 0 Å². The molecule has 0 bridgehead atoms. The normalized spacial score (nSPS) is 11.4. The van der Waals surface area contributed by atoms with Gasteiger partial charge >= 0.3 is 11.8 Å². The van der Waals surface area contributed by atoms with Gasteiger partial charge in [-0.2, -0.15) is 10.2 Å². The average Bonchev–Trinajstić information content (AvgIpc) is 2.70. The summed E-state index contributed by atoms with van der Waals surface area (Å²) in [7, 11) is 0. The number of carbonyl (C=O) groups excluding carboxylic acids is 2. The van der Waals surface area contributed by atoms with Gasteiger partial charge in [-0.15, -0.1) is 0 Å². The van der Waals surface area contributed by atoms with Crippen molar-refractivity contribution in [2.45, 2.75) is 117 Å². The van der Waals surface area contributed by atoms with Gasteiger partial charge in [0.15, 0.2) is 0 Å². The predicted molar refractivity (Wildman–Crippen MR) is 118 cm³/mol. The lowest BCUT2D eigenvalue weighted by Crippen LogP contribution is -2.35. The van der Waals surface area contributed by atoms with E-state index in [1.807, 2.05) is 0 Å². The molecule has 28 heavy (non-hydrogen) atoms. The van der Waals surface area contributed by atoms with Gasteiger partial charge in [0, 0.05) is 12.4 Å². The van der Waals surface area contributed by atoms with Gasteiger partial charge in [-0.3, -0.25) is 9.59 Å². The van der Waals surface area contributed by atoms with Gasteiger partial charge in [-0.25, -0.2) is 10.9 Å². The van der Waals surface area contributed by atoms with Gasteiger partial charge in [-0.05, 0) is 25.7 Å². The number of nitrogens with zero attached hydrogens (tertiary/aromatic N) is 2. The van der Waals surface area contributed by atoms with Gasteiger partial charge in [0.1, 0.15) is 0 Å². The van der Waals surface area contributed by atoms with Crippen LogP contribution < -0.4 is 10.9 Å². The van der Waals surface area contributed by atoms with Gasteiger partial charge < -0.3 is 0 Å². The maximum atomic E-state index is 11.6. The minimum atomic E-state index is -0.788. The molecule has 0 aromatic heterocycles. The van der Waals surface area contributed by atoms with Crippen LogP contribution in [0.25, 0.3) is 0 Å². The van der Waals surface area contributed by atoms with E-state index in [1.165, 1.54) is 77.0 Å². The third-order valence-electron chi connectivity index (χ3n) is 4.59. The summed E-state index contributed by atoms with van der Waals surface area (Å²) in [6.45, 7) is 4.43. The van der Waals surface area contributed by atoms with Crippen LogP contribution in [0.15, 0.2) is 10.2 Å². The Hall–Kier alpha value is -1.72. The largest absolute Gasteiger partial charge is 0.331 e. The first-order valence-electron chi connectivity index (χ1n) is 11.4. The Morgan fingerprint density at radius 3 is 1.25 bits per heavy atom. The van der Waals surface area contributed by atoms with E-state index in [0.717, 1.165) is 25.7 Å². The van der Waals surface area contributed by atoms with Gasteiger partial charge in [-0.1, -0.05) is 90.9 Å². The van der Waals surface area contributed by atoms with Crippen LogP contribution in [0.5, 0.6) is 0 Å². The Kier molecular flexibility index (Phi) is 20.3. The Morgan fingerprint density at radius 2 is 0.893 bits per heavy atom. The molecule has 0 heterocycles. The van der Waals surface area contributed by atoms with E-state index < -0.39 is 11.8 Å². The summed E-state index contributed by atoms with van der Waals surface area (Å²) in [5.41, 5.74) is 4.46. The third-order valence-corrected chi connectivity index (χ3v) is 4.59. The quantitative estimate of drug-likeness (QED) is 0.140. The number of carbonyl (C=O) groups is 2. The van der Waals surface area contributed by atoms with Crippen molar-refractivity contribution in [1.82, 2.24) is 10.9 Å². The lowest BCUT2D eigenvalue weighted by molar-refractivity contribution is -0.139. The summed E-state index contributed by atoms with van der Waals surface area (Å²) in [4.78, 5) is 23.1. The molecular weight excluding hydrogens is 352 g/mol. The van der Waals surface area contributed by atoms with Crippen LogP contribution in [0.3, 0.4) is 0 Å². The van der Waals surface area contributed by atoms with Crippen LogP contribution in [0.2, 0.25) is 0 Å². The van der Waals surface area contributed by atoms with E-state index in [2.05, 4.69) is 34.9 Å². The van der Waals surface area contributed by atoms with Crippen molar-refractivity contribution in [3.05, 3.63) is 0 Å². The van der Waals surface area contributed by atoms with E-state index in [-0.39, 0.29) is 0 Å². The molecule has 0 spiro atoms. The van der Waals surface area contributed by atoms with Crippen LogP contribution in [0, 0.1) is 0 Å². The highest BCUT2D eigenvalue weighted by Gasteiger charge is 2.10. The summed E-state index contributed by atoms with van der Waals surface area (Å²) in [5, 5.41) is 7.60. The van der Waals surface area contributed by atoms with Crippen molar-refractivity contribution in [3.63, 3.8) is 0 Å². The molecule has 0 atom stereocenters. The number of hydrogen-bond acceptors (Lipinski definition) is 4. The number of unbranched alkanes of at least 4 members (excludes halogenated alkanes) is 14. The number of hydrogen-bond donors (Lipinski definition) is 2. The monoisotopic (exact) mass is 394 g/mol. The second-order valence-electron chi connectivity index (χ2n) is 7.33. The molecule has 0 saturated carbocycles. The van der Waals surface area contributed by atoms with Gasteiger partial charge in [0.25, 0.3) is 0 Å². The minimum absolute atomic E-state index is 0.788. The summed E-state index contributed by atoms with van der Waals surface area (Å²) in [6.07, 6.45) is 22.3. The van der Waals surface area contributed by atoms with Crippen LogP contribution >= 0.6 is 0 Å². The van der Waals surface area contributed by atoms with Crippen molar-refractivity contribution in [2.24, 2.45) is 10.2 Å². The zero-order valence-electron chi connectivity index (χ0n) is 18.2. The van der Waals surface area contributed by atoms with Crippen LogP contribution in [-0.4, -0.2) is 24.2 Å². The van der Waals surface area contributed by atoms with Crippen molar-refractivity contribution in [1.29, 1.82) is 0 Å². The molecule has 6 nitrogen and oxygen atoms in total. The first-order valence-corrected chi connectivity index (χ1v) is 11.4. The maximum absolute atomic E-state index is 11.6. The Balaban J connectivity index is 3.53. The Labute approximate surface area is 172 Å². The van der Waals surface area contributed by atoms with Crippen LogP contribution in [0.4, 0.5) is 0 Å². The first-order chi connectivity index (χ1) is 13.7. The Morgan fingerprint density at radius 1 is 0.571 bits per heavy atom. The summed E-state index contributed by atoms with van der Waals surface area (Å²) >= 11 is 0. The summed E-state index contributed by atoms with van der Waals surface area (Å²) in [5.74, 6) is -1.58. The number of rotatable bonds is 18. The summed E-state index contributed by atoms with van der Waals surface area (Å²) < 4.78 is 0. The molecule has 0 saturated heterocycles.